The van der Waals surface area contributed by atoms with E-state index in [-0.39, 0.29) is 5.69 Å². The zero-order valence-electron chi connectivity index (χ0n) is 13.9. The van der Waals surface area contributed by atoms with Crippen LogP contribution in [0.4, 0.5) is 5.69 Å². The average Bonchev–Trinajstić information content (AvgIpc) is 3.30. The van der Waals surface area contributed by atoms with Gasteiger partial charge < -0.3 is 4.98 Å². The van der Waals surface area contributed by atoms with Gasteiger partial charge >= 0.3 is 5.69 Å². The Bertz CT molecular complexity index is 1150. The van der Waals surface area contributed by atoms with E-state index in [9.17, 15) is 10.1 Å². The molecule has 5 rings (SSSR count). The fourth-order valence-corrected chi connectivity index (χ4v) is 3.78. The molecule has 1 aliphatic rings. The van der Waals surface area contributed by atoms with Crippen LogP contribution in [0.3, 0.4) is 0 Å². The molecule has 0 atom stereocenters. The lowest BCUT2D eigenvalue weighted by Gasteiger charge is -2.07. The number of rotatable bonds is 5. The molecule has 4 aromatic rings. The number of nitrogens with one attached hydrogen (secondary N) is 1. The van der Waals surface area contributed by atoms with E-state index in [1.165, 1.54) is 24.2 Å². The molecule has 1 saturated carbocycles. The Hall–Kier alpha value is -3.27. The van der Waals surface area contributed by atoms with Crippen molar-refractivity contribution in [3.63, 3.8) is 0 Å². The summed E-state index contributed by atoms with van der Waals surface area (Å²) in [6.45, 7) is 0. The van der Waals surface area contributed by atoms with E-state index in [0.29, 0.717) is 16.4 Å². The number of fused-ring (bicyclic) bond motifs is 1. The molecule has 3 aromatic heterocycles. The van der Waals surface area contributed by atoms with Crippen molar-refractivity contribution in [2.75, 3.05) is 0 Å². The molecule has 1 fully saturated rings. The molecule has 27 heavy (non-hydrogen) atoms. The quantitative estimate of drug-likeness (QED) is 0.320. The predicted octanol–water partition coefficient (Wildman–Crippen LogP) is 3.61. The lowest BCUT2D eigenvalue weighted by atomic mass is 10.1. The van der Waals surface area contributed by atoms with E-state index in [2.05, 4.69) is 35.8 Å². The van der Waals surface area contributed by atoms with Gasteiger partial charge in [0.1, 0.15) is 12.4 Å². The van der Waals surface area contributed by atoms with Crippen molar-refractivity contribution < 1.29 is 4.92 Å². The molecular weight excluding hydrogens is 366 g/mol. The molecule has 0 aliphatic heterocycles. The van der Waals surface area contributed by atoms with Gasteiger partial charge in [-0.05, 0) is 30.7 Å². The van der Waals surface area contributed by atoms with Gasteiger partial charge in [0.25, 0.3) is 0 Å². The summed E-state index contributed by atoms with van der Waals surface area (Å²) in [5, 5.41) is 21.7. The number of hydrogen-bond acceptors (Lipinski definition) is 7. The highest BCUT2D eigenvalue weighted by Crippen LogP contribution is 2.42. The topological polar surface area (TPSA) is 115 Å². The standard InChI is InChI=1S/C17H13N7O2S/c25-24(26)11-7-19-16(20-8-11)27-17-22-21-15(23(17)10-5-6-10)13-9-18-14-4-2-1-3-12(13)14/h1-4,7-10,18H,5-6H2. The second-order valence-electron chi connectivity index (χ2n) is 6.24. The maximum absolute atomic E-state index is 10.8. The van der Waals surface area contributed by atoms with Crippen LogP contribution < -0.4 is 0 Å². The molecule has 0 amide bonds. The molecule has 134 valence electrons. The fourth-order valence-electron chi connectivity index (χ4n) is 2.99. The Labute approximate surface area is 157 Å². The second-order valence-corrected chi connectivity index (χ2v) is 7.17. The Morgan fingerprint density at radius 3 is 2.70 bits per heavy atom. The van der Waals surface area contributed by atoms with Crippen LogP contribution in [0.2, 0.25) is 0 Å². The molecule has 1 aliphatic carbocycles. The van der Waals surface area contributed by atoms with Crippen molar-refractivity contribution in [2.24, 2.45) is 0 Å². The number of nitro groups is 1. The minimum absolute atomic E-state index is 0.137. The van der Waals surface area contributed by atoms with Gasteiger partial charge in [-0.2, -0.15) is 0 Å². The van der Waals surface area contributed by atoms with Crippen molar-refractivity contribution in [1.82, 2.24) is 29.7 Å². The summed E-state index contributed by atoms with van der Waals surface area (Å²) in [4.78, 5) is 21.6. The Morgan fingerprint density at radius 1 is 1.19 bits per heavy atom. The van der Waals surface area contributed by atoms with Crippen molar-refractivity contribution in [1.29, 1.82) is 0 Å². The number of benzene rings is 1. The number of nitrogens with zero attached hydrogens (tertiary/aromatic N) is 6. The van der Waals surface area contributed by atoms with Crippen LogP contribution in [0.15, 0.2) is 53.2 Å². The number of hydrogen-bond donors (Lipinski definition) is 1. The first-order chi connectivity index (χ1) is 13.2. The van der Waals surface area contributed by atoms with Crippen LogP contribution >= 0.6 is 11.8 Å². The average molecular weight is 379 g/mol. The second kappa shape index (κ2) is 6.16. The van der Waals surface area contributed by atoms with E-state index in [1.807, 2.05) is 24.4 Å². The van der Waals surface area contributed by atoms with Crippen LogP contribution in [0, 0.1) is 10.1 Å². The molecule has 3 heterocycles. The van der Waals surface area contributed by atoms with Gasteiger partial charge in [-0.3, -0.25) is 14.7 Å². The first-order valence-corrected chi connectivity index (χ1v) is 9.18. The van der Waals surface area contributed by atoms with E-state index in [1.54, 1.807) is 0 Å². The third-order valence-corrected chi connectivity index (χ3v) is 5.27. The molecule has 0 saturated heterocycles. The van der Waals surface area contributed by atoms with Crippen LogP contribution in [-0.4, -0.2) is 34.6 Å². The minimum Gasteiger partial charge on any atom is -0.360 e. The molecule has 9 nitrogen and oxygen atoms in total. The third kappa shape index (κ3) is 2.83. The lowest BCUT2D eigenvalue weighted by Crippen LogP contribution is -2.00. The highest BCUT2D eigenvalue weighted by Gasteiger charge is 2.31. The first kappa shape index (κ1) is 15.9. The maximum Gasteiger partial charge on any atom is 0.305 e. The number of H-pyrrole nitrogens is 1. The van der Waals surface area contributed by atoms with Crippen LogP contribution in [0.1, 0.15) is 18.9 Å². The zero-order valence-corrected chi connectivity index (χ0v) is 14.8. The summed E-state index contributed by atoms with van der Waals surface area (Å²) in [6.07, 6.45) is 6.50. The summed E-state index contributed by atoms with van der Waals surface area (Å²) in [7, 11) is 0. The fraction of sp³-hybridized carbons (Fsp3) is 0.176. The smallest absolute Gasteiger partial charge is 0.305 e. The van der Waals surface area contributed by atoms with Crippen molar-refractivity contribution in [2.45, 2.75) is 29.2 Å². The maximum atomic E-state index is 10.8. The molecule has 1 aromatic carbocycles. The number of aromatic amines is 1. The lowest BCUT2D eigenvalue weighted by molar-refractivity contribution is -0.385. The van der Waals surface area contributed by atoms with Crippen LogP contribution in [-0.2, 0) is 0 Å². The molecular formula is C17H13N7O2S. The van der Waals surface area contributed by atoms with Crippen molar-refractivity contribution in [3.8, 4) is 11.4 Å². The summed E-state index contributed by atoms with van der Waals surface area (Å²) >= 11 is 1.26. The van der Waals surface area contributed by atoms with E-state index < -0.39 is 4.92 Å². The normalized spacial score (nSPS) is 13.9. The molecule has 0 unspecified atom stereocenters. The van der Waals surface area contributed by atoms with Gasteiger partial charge in [-0.1, -0.05) is 18.2 Å². The van der Waals surface area contributed by atoms with Gasteiger partial charge in [0, 0.05) is 28.7 Å². The summed E-state index contributed by atoms with van der Waals surface area (Å²) < 4.78 is 2.12. The molecule has 10 heteroatoms. The Morgan fingerprint density at radius 2 is 1.96 bits per heavy atom. The van der Waals surface area contributed by atoms with E-state index >= 15 is 0 Å². The molecule has 1 N–H and O–H groups in total. The third-order valence-electron chi connectivity index (χ3n) is 4.41. The van der Waals surface area contributed by atoms with Crippen molar-refractivity contribution >= 4 is 28.4 Å². The van der Waals surface area contributed by atoms with Gasteiger partial charge in [-0.15, -0.1) is 10.2 Å². The van der Waals surface area contributed by atoms with Gasteiger partial charge in [0.2, 0.25) is 0 Å². The largest absolute Gasteiger partial charge is 0.360 e. The molecule has 0 bridgehead atoms. The van der Waals surface area contributed by atoms with Crippen molar-refractivity contribution in [3.05, 3.63) is 53.0 Å². The SMILES string of the molecule is O=[N+]([O-])c1cnc(Sc2nnc(-c3c[nH]c4ccccc34)n2C2CC2)nc1. The summed E-state index contributed by atoms with van der Waals surface area (Å²) in [5.41, 5.74) is 1.91. The zero-order chi connectivity index (χ0) is 18.4. The predicted molar refractivity (Wildman–Crippen MR) is 98.4 cm³/mol. The number of para-hydroxylation sites is 1. The van der Waals surface area contributed by atoms with Gasteiger partial charge in [-0.25, -0.2) is 9.97 Å². The van der Waals surface area contributed by atoms with Gasteiger partial charge in [0.15, 0.2) is 16.1 Å². The summed E-state index contributed by atoms with van der Waals surface area (Å²) in [6, 6.07) is 8.42. The molecule has 0 radical (unpaired) electrons. The number of aromatic nitrogens is 6. The first-order valence-electron chi connectivity index (χ1n) is 8.36. The summed E-state index contributed by atoms with van der Waals surface area (Å²) in [5.74, 6) is 0.805. The van der Waals surface area contributed by atoms with Gasteiger partial charge in [0.05, 0.1) is 4.92 Å². The highest BCUT2D eigenvalue weighted by atomic mass is 32.2. The van der Waals surface area contributed by atoms with E-state index in [0.717, 1.165) is 35.1 Å². The highest BCUT2D eigenvalue weighted by molar-refractivity contribution is 7.99. The molecule has 0 spiro atoms. The monoisotopic (exact) mass is 379 g/mol. The van der Waals surface area contributed by atoms with E-state index in [4.69, 9.17) is 0 Å². The minimum atomic E-state index is -0.518. The Balaban J connectivity index is 1.54. The Kier molecular flexibility index (Phi) is 3.64. The van der Waals surface area contributed by atoms with Crippen LogP contribution in [0.25, 0.3) is 22.3 Å². The van der Waals surface area contributed by atoms with Crippen LogP contribution in [0.5, 0.6) is 0 Å².